The second-order valence-electron chi connectivity index (χ2n) is 3.74. The van der Waals surface area contributed by atoms with Crippen LogP contribution in [0.1, 0.15) is 5.56 Å². The Kier molecular flexibility index (Phi) is 3.57. The zero-order chi connectivity index (χ0) is 14.0. The minimum absolute atomic E-state index is 0.0117. The van der Waals surface area contributed by atoms with E-state index in [4.69, 9.17) is 16.3 Å². The molecule has 2 nitrogen and oxygen atoms in total. The van der Waals surface area contributed by atoms with Gasteiger partial charge in [-0.15, -0.1) is 0 Å². The maximum absolute atomic E-state index is 12.7. The summed E-state index contributed by atoms with van der Waals surface area (Å²) >= 11 is 5.49. The molecule has 0 spiro atoms. The zero-order valence-corrected chi connectivity index (χ0v) is 10.2. The van der Waals surface area contributed by atoms with Crippen LogP contribution in [0.25, 0.3) is 0 Å². The third kappa shape index (κ3) is 3.32. The van der Waals surface area contributed by atoms with Gasteiger partial charge in [0, 0.05) is 6.07 Å². The topological polar surface area (TPSA) is 29.5 Å². The summed E-state index contributed by atoms with van der Waals surface area (Å²) in [6.07, 6.45) is -4.55. The molecule has 2 rings (SSSR count). The Bertz CT molecular complexity index is 597. The van der Waals surface area contributed by atoms with Crippen LogP contribution in [0.3, 0.4) is 0 Å². The number of phenols is 1. The fourth-order valence-corrected chi connectivity index (χ4v) is 1.69. The summed E-state index contributed by atoms with van der Waals surface area (Å²) in [5.41, 5.74) is -0.966. The summed E-state index contributed by atoms with van der Waals surface area (Å²) in [4.78, 5) is 0. The SMILES string of the molecule is Oc1cccc(Oc2ccc(Cl)c(C(F)(F)F)c2)c1. The minimum atomic E-state index is -4.55. The van der Waals surface area contributed by atoms with Crippen molar-refractivity contribution in [1.29, 1.82) is 0 Å². The van der Waals surface area contributed by atoms with Gasteiger partial charge in [-0.25, -0.2) is 0 Å². The number of benzene rings is 2. The summed E-state index contributed by atoms with van der Waals surface area (Å²) in [6, 6.07) is 9.00. The molecule has 0 fully saturated rings. The van der Waals surface area contributed by atoms with Crippen molar-refractivity contribution in [3.05, 3.63) is 53.1 Å². The van der Waals surface area contributed by atoms with Crippen LogP contribution >= 0.6 is 11.6 Å². The summed E-state index contributed by atoms with van der Waals surface area (Å²) < 4.78 is 43.2. The van der Waals surface area contributed by atoms with Crippen molar-refractivity contribution >= 4 is 11.6 Å². The Balaban J connectivity index is 2.32. The van der Waals surface area contributed by atoms with Crippen molar-refractivity contribution in [3.63, 3.8) is 0 Å². The van der Waals surface area contributed by atoms with Crippen LogP contribution in [0, 0.1) is 0 Å². The van der Waals surface area contributed by atoms with Gasteiger partial charge in [0.1, 0.15) is 17.2 Å². The fraction of sp³-hybridized carbons (Fsp3) is 0.0769. The monoisotopic (exact) mass is 288 g/mol. The Morgan fingerprint density at radius 2 is 1.68 bits per heavy atom. The van der Waals surface area contributed by atoms with Crippen LogP contribution < -0.4 is 4.74 Å². The van der Waals surface area contributed by atoms with E-state index in [1.54, 1.807) is 0 Å². The van der Waals surface area contributed by atoms with Crippen molar-refractivity contribution < 1.29 is 23.0 Å². The largest absolute Gasteiger partial charge is 0.508 e. The third-order valence-electron chi connectivity index (χ3n) is 2.30. The molecule has 2 aromatic carbocycles. The average Bonchev–Trinajstić information content (AvgIpc) is 2.30. The van der Waals surface area contributed by atoms with E-state index < -0.39 is 16.8 Å². The second-order valence-corrected chi connectivity index (χ2v) is 4.15. The van der Waals surface area contributed by atoms with E-state index in [-0.39, 0.29) is 17.2 Å². The molecule has 1 N–H and O–H groups in total. The predicted octanol–water partition coefficient (Wildman–Crippen LogP) is 4.86. The van der Waals surface area contributed by atoms with Crippen molar-refractivity contribution in [3.8, 4) is 17.2 Å². The molecule has 0 saturated heterocycles. The molecule has 100 valence electrons. The number of hydrogen-bond acceptors (Lipinski definition) is 2. The number of phenolic OH excluding ortho intramolecular Hbond substituents is 1. The molecular weight excluding hydrogens is 281 g/mol. The number of ether oxygens (including phenoxy) is 1. The van der Waals surface area contributed by atoms with Crippen molar-refractivity contribution in [2.45, 2.75) is 6.18 Å². The lowest BCUT2D eigenvalue weighted by atomic mass is 10.2. The van der Waals surface area contributed by atoms with Gasteiger partial charge in [-0.1, -0.05) is 17.7 Å². The van der Waals surface area contributed by atoms with Gasteiger partial charge in [-0.2, -0.15) is 13.2 Å². The highest BCUT2D eigenvalue weighted by Gasteiger charge is 2.33. The number of rotatable bonds is 2. The van der Waals surface area contributed by atoms with E-state index in [0.717, 1.165) is 12.1 Å². The first kappa shape index (κ1) is 13.5. The molecule has 0 aliphatic carbocycles. The predicted molar refractivity (Wildman–Crippen MR) is 64.6 cm³/mol. The van der Waals surface area contributed by atoms with E-state index in [9.17, 15) is 18.3 Å². The molecule has 0 heterocycles. The molecule has 0 saturated carbocycles. The van der Waals surface area contributed by atoms with Gasteiger partial charge in [0.25, 0.3) is 0 Å². The van der Waals surface area contributed by atoms with E-state index >= 15 is 0 Å². The molecule has 0 bridgehead atoms. The van der Waals surface area contributed by atoms with Crippen LogP contribution in [-0.4, -0.2) is 5.11 Å². The van der Waals surface area contributed by atoms with Gasteiger partial charge in [0.15, 0.2) is 0 Å². The average molecular weight is 289 g/mol. The maximum atomic E-state index is 12.7. The molecule has 6 heteroatoms. The molecule has 0 aliphatic heterocycles. The highest BCUT2D eigenvalue weighted by molar-refractivity contribution is 6.31. The second kappa shape index (κ2) is 5.01. The van der Waals surface area contributed by atoms with Crippen molar-refractivity contribution in [1.82, 2.24) is 0 Å². The first-order valence-corrected chi connectivity index (χ1v) is 5.58. The van der Waals surface area contributed by atoms with Gasteiger partial charge < -0.3 is 9.84 Å². The first-order chi connectivity index (χ1) is 8.86. The summed E-state index contributed by atoms with van der Waals surface area (Å²) in [7, 11) is 0. The van der Waals surface area contributed by atoms with Crippen LogP contribution in [0.2, 0.25) is 5.02 Å². The van der Waals surface area contributed by atoms with E-state index in [1.165, 1.54) is 30.3 Å². The van der Waals surface area contributed by atoms with Crippen LogP contribution in [-0.2, 0) is 6.18 Å². The van der Waals surface area contributed by atoms with Crippen LogP contribution in [0.5, 0.6) is 17.2 Å². The summed E-state index contributed by atoms with van der Waals surface area (Å²) in [6.45, 7) is 0. The first-order valence-electron chi connectivity index (χ1n) is 5.20. The summed E-state index contributed by atoms with van der Waals surface area (Å²) in [5, 5.41) is 8.85. The Morgan fingerprint density at radius 3 is 2.32 bits per heavy atom. The molecule has 0 aromatic heterocycles. The summed E-state index contributed by atoms with van der Waals surface area (Å²) in [5.74, 6) is 0.181. The lowest BCUT2D eigenvalue weighted by molar-refractivity contribution is -0.137. The normalized spacial score (nSPS) is 11.4. The smallest absolute Gasteiger partial charge is 0.417 e. The minimum Gasteiger partial charge on any atom is -0.508 e. The zero-order valence-electron chi connectivity index (χ0n) is 9.41. The number of alkyl halides is 3. The fourth-order valence-electron chi connectivity index (χ4n) is 1.47. The lowest BCUT2D eigenvalue weighted by Gasteiger charge is -2.11. The standard InChI is InChI=1S/C13H8ClF3O2/c14-12-5-4-10(7-11(12)13(15,16)17)19-9-3-1-2-8(18)6-9/h1-7,18H. The maximum Gasteiger partial charge on any atom is 0.417 e. The molecule has 19 heavy (non-hydrogen) atoms. The molecule has 0 radical (unpaired) electrons. The molecule has 0 aliphatic rings. The quantitative estimate of drug-likeness (QED) is 0.855. The van der Waals surface area contributed by atoms with Gasteiger partial charge in [-0.3, -0.25) is 0 Å². The lowest BCUT2D eigenvalue weighted by Crippen LogP contribution is -2.05. The Labute approximate surface area is 112 Å². The molecular formula is C13H8ClF3O2. The highest BCUT2D eigenvalue weighted by Crippen LogP contribution is 2.37. The molecule has 0 amide bonds. The van der Waals surface area contributed by atoms with Crippen molar-refractivity contribution in [2.75, 3.05) is 0 Å². The van der Waals surface area contributed by atoms with Crippen molar-refractivity contribution in [2.24, 2.45) is 0 Å². The van der Waals surface area contributed by atoms with E-state index in [1.807, 2.05) is 0 Å². The van der Waals surface area contributed by atoms with Crippen LogP contribution in [0.15, 0.2) is 42.5 Å². The van der Waals surface area contributed by atoms with E-state index in [2.05, 4.69) is 0 Å². The van der Waals surface area contributed by atoms with E-state index in [0.29, 0.717) is 0 Å². The number of hydrogen-bond donors (Lipinski definition) is 1. The highest BCUT2D eigenvalue weighted by atomic mass is 35.5. The Hall–Kier alpha value is -1.88. The number of aromatic hydroxyl groups is 1. The molecule has 0 atom stereocenters. The number of halogens is 4. The Morgan fingerprint density at radius 1 is 1.00 bits per heavy atom. The third-order valence-corrected chi connectivity index (χ3v) is 2.63. The van der Waals surface area contributed by atoms with Gasteiger partial charge in [-0.05, 0) is 30.3 Å². The van der Waals surface area contributed by atoms with Gasteiger partial charge >= 0.3 is 6.18 Å². The van der Waals surface area contributed by atoms with Crippen LogP contribution in [0.4, 0.5) is 13.2 Å². The molecule has 0 unspecified atom stereocenters. The molecule has 2 aromatic rings. The van der Waals surface area contributed by atoms with Gasteiger partial charge in [0.05, 0.1) is 10.6 Å². The van der Waals surface area contributed by atoms with Gasteiger partial charge in [0.2, 0.25) is 0 Å².